The molecule has 0 bridgehead atoms. The average molecular weight is 502 g/mol. The van der Waals surface area contributed by atoms with E-state index in [-0.39, 0.29) is 36.4 Å². The predicted molar refractivity (Wildman–Crippen MR) is 121 cm³/mol. The molecule has 28 heavy (non-hydrogen) atoms. The summed E-state index contributed by atoms with van der Waals surface area (Å²) < 4.78 is 5.43. The van der Waals surface area contributed by atoms with Crippen LogP contribution in [-0.4, -0.2) is 74.2 Å². The second kappa shape index (κ2) is 12.1. The van der Waals surface area contributed by atoms with Crippen molar-refractivity contribution in [1.82, 2.24) is 20.5 Å². The smallest absolute Gasteiger partial charge is 0.241 e. The minimum absolute atomic E-state index is 0. The predicted octanol–water partition coefficient (Wildman–Crippen LogP) is 1.21. The third-order valence-corrected chi connectivity index (χ3v) is 4.80. The van der Waals surface area contributed by atoms with Gasteiger partial charge >= 0.3 is 0 Å². The van der Waals surface area contributed by atoms with E-state index >= 15 is 0 Å². The Morgan fingerprint density at radius 3 is 2.68 bits per heavy atom. The van der Waals surface area contributed by atoms with Gasteiger partial charge in [0.05, 0.1) is 26.3 Å². The normalized spacial score (nSPS) is 17.2. The average Bonchev–Trinajstić information content (AvgIpc) is 3.26. The number of hydrogen-bond donors (Lipinski definition) is 2. The molecule has 0 atom stereocenters. The number of nitrogens with zero attached hydrogens (tertiary/aromatic N) is 4. The fraction of sp³-hybridized carbons (Fsp3) is 0.632. The number of rotatable bonds is 6. The Labute approximate surface area is 184 Å². The Kier molecular flexibility index (Phi) is 9.76. The van der Waals surface area contributed by atoms with E-state index in [9.17, 15) is 4.79 Å². The van der Waals surface area contributed by atoms with Gasteiger partial charge in [0.25, 0.3) is 0 Å². The van der Waals surface area contributed by atoms with Gasteiger partial charge in [-0.3, -0.25) is 4.79 Å². The zero-order valence-corrected chi connectivity index (χ0v) is 18.9. The van der Waals surface area contributed by atoms with Crippen molar-refractivity contribution in [2.45, 2.75) is 26.3 Å². The number of guanidine groups is 1. The Bertz CT molecular complexity index is 645. The first kappa shape index (κ1) is 22.7. The molecule has 9 heteroatoms. The third-order valence-electron chi connectivity index (χ3n) is 4.80. The monoisotopic (exact) mass is 502 g/mol. The summed E-state index contributed by atoms with van der Waals surface area (Å²) in [7, 11) is 0. The van der Waals surface area contributed by atoms with Crippen LogP contribution in [-0.2, 0) is 16.1 Å². The molecular formula is C19H31IN6O2. The summed E-state index contributed by atoms with van der Waals surface area (Å²) in [6.45, 7) is 8.41. The zero-order valence-electron chi connectivity index (χ0n) is 16.5. The van der Waals surface area contributed by atoms with E-state index in [1.807, 2.05) is 24.1 Å². The van der Waals surface area contributed by atoms with Crippen molar-refractivity contribution in [3.8, 4) is 0 Å². The SMILES string of the molecule is CCNC(=NCc1cccnc1N1CCOCC1)NCC(=O)N1CCCC1.I. The molecule has 156 valence electrons. The van der Waals surface area contributed by atoms with Gasteiger partial charge in [0, 0.05) is 44.5 Å². The molecule has 0 aliphatic carbocycles. The number of ether oxygens (including phenoxy) is 1. The van der Waals surface area contributed by atoms with E-state index in [2.05, 4.69) is 31.6 Å². The lowest BCUT2D eigenvalue weighted by Gasteiger charge is -2.29. The van der Waals surface area contributed by atoms with E-state index in [0.717, 1.165) is 70.2 Å². The first-order valence-corrected chi connectivity index (χ1v) is 9.84. The van der Waals surface area contributed by atoms with Gasteiger partial charge in [-0.15, -0.1) is 24.0 Å². The van der Waals surface area contributed by atoms with Gasteiger partial charge in [0.2, 0.25) is 5.91 Å². The summed E-state index contributed by atoms with van der Waals surface area (Å²) in [5.41, 5.74) is 1.07. The van der Waals surface area contributed by atoms with Crippen LogP contribution < -0.4 is 15.5 Å². The van der Waals surface area contributed by atoms with E-state index in [0.29, 0.717) is 12.5 Å². The van der Waals surface area contributed by atoms with Crippen LogP contribution in [0.2, 0.25) is 0 Å². The van der Waals surface area contributed by atoms with E-state index in [1.165, 1.54) is 0 Å². The van der Waals surface area contributed by atoms with E-state index in [1.54, 1.807) is 0 Å². The Morgan fingerprint density at radius 1 is 1.21 bits per heavy atom. The van der Waals surface area contributed by atoms with Crippen LogP contribution in [0.25, 0.3) is 0 Å². The Balaban J connectivity index is 0.00000280. The second-order valence-electron chi connectivity index (χ2n) is 6.72. The first-order chi connectivity index (χ1) is 13.3. The number of hydrogen-bond acceptors (Lipinski definition) is 5. The molecule has 0 saturated carbocycles. The zero-order chi connectivity index (χ0) is 18.9. The molecule has 1 aromatic heterocycles. The number of carbonyl (C=O) groups excluding carboxylic acids is 1. The van der Waals surface area contributed by atoms with Crippen molar-refractivity contribution in [3.63, 3.8) is 0 Å². The molecule has 0 spiro atoms. The Hall–Kier alpha value is -1.62. The van der Waals surface area contributed by atoms with Crippen LogP contribution in [0.15, 0.2) is 23.3 Å². The number of morpholine rings is 1. The largest absolute Gasteiger partial charge is 0.378 e. The second-order valence-corrected chi connectivity index (χ2v) is 6.72. The van der Waals surface area contributed by atoms with Crippen LogP contribution >= 0.6 is 24.0 Å². The number of anilines is 1. The number of pyridine rings is 1. The van der Waals surface area contributed by atoms with Gasteiger partial charge in [-0.2, -0.15) is 0 Å². The lowest BCUT2D eigenvalue weighted by molar-refractivity contribution is -0.128. The maximum atomic E-state index is 12.2. The molecule has 0 unspecified atom stereocenters. The third kappa shape index (κ3) is 6.47. The molecule has 3 heterocycles. The first-order valence-electron chi connectivity index (χ1n) is 9.84. The molecule has 1 amide bonds. The minimum atomic E-state index is 0. The molecule has 0 radical (unpaired) electrons. The maximum absolute atomic E-state index is 12.2. The number of likely N-dealkylation sites (tertiary alicyclic amines) is 1. The number of nitrogens with one attached hydrogen (secondary N) is 2. The topological polar surface area (TPSA) is 82.1 Å². The summed E-state index contributed by atoms with van der Waals surface area (Å²) in [6.07, 6.45) is 4.02. The summed E-state index contributed by atoms with van der Waals surface area (Å²) >= 11 is 0. The summed E-state index contributed by atoms with van der Waals surface area (Å²) in [6, 6.07) is 3.99. The highest BCUT2D eigenvalue weighted by Gasteiger charge is 2.18. The van der Waals surface area contributed by atoms with Crippen LogP contribution in [0.1, 0.15) is 25.3 Å². The van der Waals surface area contributed by atoms with Crippen LogP contribution in [0, 0.1) is 0 Å². The highest BCUT2D eigenvalue weighted by Crippen LogP contribution is 2.19. The molecule has 2 fully saturated rings. The standard InChI is InChI=1S/C19H30N6O2.HI/c1-2-20-19(23-15-17(26)24-8-3-4-9-24)22-14-16-6-5-7-21-18(16)25-10-12-27-13-11-25;/h5-7H,2-4,8-15H2,1H3,(H2,20,22,23);1H. The lowest BCUT2D eigenvalue weighted by Crippen LogP contribution is -2.44. The van der Waals surface area contributed by atoms with E-state index < -0.39 is 0 Å². The summed E-state index contributed by atoms with van der Waals surface area (Å²) in [5.74, 6) is 1.75. The van der Waals surface area contributed by atoms with Crippen molar-refractivity contribution in [2.24, 2.45) is 4.99 Å². The van der Waals surface area contributed by atoms with Crippen molar-refractivity contribution >= 4 is 41.7 Å². The number of carbonyl (C=O) groups is 1. The molecule has 8 nitrogen and oxygen atoms in total. The number of amides is 1. The minimum Gasteiger partial charge on any atom is -0.378 e. The quantitative estimate of drug-likeness (QED) is 0.346. The number of halogens is 1. The lowest BCUT2D eigenvalue weighted by atomic mass is 10.2. The molecule has 0 aromatic carbocycles. The van der Waals surface area contributed by atoms with Gasteiger partial charge in [-0.1, -0.05) is 6.07 Å². The van der Waals surface area contributed by atoms with Gasteiger partial charge < -0.3 is 25.2 Å². The van der Waals surface area contributed by atoms with Gasteiger partial charge in [-0.25, -0.2) is 9.98 Å². The highest BCUT2D eigenvalue weighted by molar-refractivity contribution is 14.0. The van der Waals surface area contributed by atoms with Crippen molar-refractivity contribution < 1.29 is 9.53 Å². The highest BCUT2D eigenvalue weighted by atomic mass is 127. The van der Waals surface area contributed by atoms with Gasteiger partial charge in [0.15, 0.2) is 5.96 Å². The molecule has 2 aliphatic heterocycles. The summed E-state index contributed by atoms with van der Waals surface area (Å²) in [5, 5.41) is 6.37. The number of aromatic nitrogens is 1. The molecule has 3 rings (SSSR count). The van der Waals surface area contributed by atoms with Crippen LogP contribution in [0.4, 0.5) is 5.82 Å². The molecular weight excluding hydrogens is 471 g/mol. The van der Waals surface area contributed by atoms with Gasteiger partial charge in [-0.05, 0) is 25.8 Å². The fourth-order valence-electron chi connectivity index (χ4n) is 3.36. The molecule has 2 N–H and O–H groups in total. The molecule has 2 aliphatic rings. The molecule has 2 saturated heterocycles. The van der Waals surface area contributed by atoms with Crippen molar-refractivity contribution in [1.29, 1.82) is 0 Å². The van der Waals surface area contributed by atoms with E-state index in [4.69, 9.17) is 4.74 Å². The van der Waals surface area contributed by atoms with Gasteiger partial charge in [0.1, 0.15) is 5.82 Å². The fourth-order valence-corrected chi connectivity index (χ4v) is 3.36. The van der Waals surface area contributed by atoms with Crippen molar-refractivity contribution in [2.75, 3.05) is 57.4 Å². The summed E-state index contributed by atoms with van der Waals surface area (Å²) in [4.78, 5) is 25.6. The number of aliphatic imine (C=N–C) groups is 1. The maximum Gasteiger partial charge on any atom is 0.241 e. The van der Waals surface area contributed by atoms with Crippen molar-refractivity contribution in [3.05, 3.63) is 23.9 Å². The molecule has 1 aromatic rings. The van der Waals surface area contributed by atoms with Crippen LogP contribution in [0.3, 0.4) is 0 Å². The Morgan fingerprint density at radius 2 is 1.96 bits per heavy atom. The van der Waals surface area contributed by atoms with Crippen LogP contribution in [0.5, 0.6) is 0 Å².